The molecule has 2 nitrogen and oxygen atoms in total. The van der Waals surface area contributed by atoms with Crippen LogP contribution in [0.25, 0.3) is 10.8 Å². The number of aromatic nitrogens is 1. The van der Waals surface area contributed by atoms with Gasteiger partial charge in [0.2, 0.25) is 0 Å². The minimum atomic E-state index is 0.947. The van der Waals surface area contributed by atoms with Crippen LogP contribution >= 0.6 is 11.3 Å². The number of anilines is 2. The number of hydrogen-bond acceptors (Lipinski definition) is 3. The SMILES string of the molecule is Cc1csc(Nc2cccc3cc(C)c(C)cc23)n1. The summed E-state index contributed by atoms with van der Waals surface area (Å²) in [6.07, 6.45) is 0. The number of rotatable bonds is 2. The quantitative estimate of drug-likeness (QED) is 0.710. The van der Waals surface area contributed by atoms with Crippen LogP contribution in [-0.2, 0) is 0 Å². The zero-order chi connectivity index (χ0) is 13.4. The molecule has 1 aromatic heterocycles. The molecule has 2 aromatic carbocycles. The van der Waals surface area contributed by atoms with Crippen molar-refractivity contribution in [1.29, 1.82) is 0 Å². The maximum absolute atomic E-state index is 4.46. The lowest BCUT2D eigenvalue weighted by Gasteiger charge is -2.10. The van der Waals surface area contributed by atoms with Crippen LogP contribution < -0.4 is 5.32 Å². The van der Waals surface area contributed by atoms with Crippen LogP contribution in [0.2, 0.25) is 0 Å². The molecule has 0 aliphatic heterocycles. The lowest BCUT2D eigenvalue weighted by atomic mass is 10.0. The molecular weight excluding hydrogens is 252 g/mol. The molecule has 0 unspecified atom stereocenters. The molecule has 0 aliphatic rings. The van der Waals surface area contributed by atoms with Crippen molar-refractivity contribution >= 4 is 32.9 Å². The standard InChI is InChI=1S/C16H16N2S/c1-10-7-13-5-4-6-15(14(13)8-11(10)2)18-16-17-12(3)9-19-16/h4-9H,1-3H3,(H,17,18). The van der Waals surface area contributed by atoms with E-state index in [1.165, 1.54) is 21.9 Å². The van der Waals surface area contributed by atoms with Crippen molar-refractivity contribution in [2.24, 2.45) is 0 Å². The van der Waals surface area contributed by atoms with Gasteiger partial charge in [-0.3, -0.25) is 0 Å². The van der Waals surface area contributed by atoms with Gasteiger partial charge < -0.3 is 5.32 Å². The van der Waals surface area contributed by atoms with Crippen molar-refractivity contribution in [3.8, 4) is 0 Å². The fraction of sp³-hybridized carbons (Fsp3) is 0.188. The topological polar surface area (TPSA) is 24.9 Å². The fourth-order valence-corrected chi connectivity index (χ4v) is 2.88. The smallest absolute Gasteiger partial charge is 0.187 e. The van der Waals surface area contributed by atoms with E-state index in [1.54, 1.807) is 11.3 Å². The Morgan fingerprint density at radius 3 is 2.58 bits per heavy atom. The summed E-state index contributed by atoms with van der Waals surface area (Å²) in [6.45, 7) is 6.32. The predicted octanol–water partition coefficient (Wildman–Crippen LogP) is 4.97. The average Bonchev–Trinajstić information content (AvgIpc) is 2.77. The maximum Gasteiger partial charge on any atom is 0.187 e. The average molecular weight is 268 g/mol. The van der Waals surface area contributed by atoms with Crippen molar-refractivity contribution in [1.82, 2.24) is 4.98 Å². The van der Waals surface area contributed by atoms with Gasteiger partial charge in [-0.15, -0.1) is 11.3 Å². The molecule has 0 saturated carbocycles. The van der Waals surface area contributed by atoms with Crippen molar-refractivity contribution in [3.63, 3.8) is 0 Å². The molecule has 0 saturated heterocycles. The third kappa shape index (κ3) is 2.34. The zero-order valence-electron chi connectivity index (χ0n) is 11.3. The highest BCUT2D eigenvalue weighted by molar-refractivity contribution is 7.13. The first-order valence-electron chi connectivity index (χ1n) is 6.32. The number of nitrogens with one attached hydrogen (secondary N) is 1. The van der Waals surface area contributed by atoms with Crippen molar-refractivity contribution in [3.05, 3.63) is 52.5 Å². The fourth-order valence-electron chi connectivity index (χ4n) is 2.18. The third-order valence-electron chi connectivity index (χ3n) is 3.36. The van der Waals surface area contributed by atoms with Crippen LogP contribution in [0.5, 0.6) is 0 Å². The summed E-state index contributed by atoms with van der Waals surface area (Å²) in [6, 6.07) is 10.8. The van der Waals surface area contributed by atoms with E-state index >= 15 is 0 Å². The Kier molecular flexibility index (Phi) is 2.99. The van der Waals surface area contributed by atoms with Gasteiger partial charge in [0, 0.05) is 16.5 Å². The van der Waals surface area contributed by atoms with Crippen LogP contribution in [0.15, 0.2) is 35.7 Å². The van der Waals surface area contributed by atoms with Crippen molar-refractivity contribution in [2.75, 3.05) is 5.32 Å². The lowest BCUT2D eigenvalue weighted by molar-refractivity contribution is 1.26. The second-order valence-corrected chi connectivity index (χ2v) is 5.74. The van der Waals surface area contributed by atoms with Gasteiger partial charge in [0.05, 0.1) is 5.69 Å². The zero-order valence-corrected chi connectivity index (χ0v) is 12.1. The lowest BCUT2D eigenvalue weighted by Crippen LogP contribution is -1.92. The molecule has 0 bridgehead atoms. The van der Waals surface area contributed by atoms with Gasteiger partial charge in [-0.05, 0) is 49.4 Å². The monoisotopic (exact) mass is 268 g/mol. The molecule has 96 valence electrons. The highest BCUT2D eigenvalue weighted by atomic mass is 32.1. The molecule has 19 heavy (non-hydrogen) atoms. The number of benzene rings is 2. The van der Waals surface area contributed by atoms with E-state index in [4.69, 9.17) is 0 Å². The van der Waals surface area contributed by atoms with E-state index in [2.05, 4.69) is 59.9 Å². The van der Waals surface area contributed by atoms with Gasteiger partial charge in [0.25, 0.3) is 0 Å². The normalized spacial score (nSPS) is 10.9. The first-order chi connectivity index (χ1) is 9.13. The van der Waals surface area contributed by atoms with Gasteiger partial charge in [-0.1, -0.05) is 18.2 Å². The van der Waals surface area contributed by atoms with E-state index in [0.29, 0.717) is 0 Å². The summed E-state index contributed by atoms with van der Waals surface area (Å²) in [5.41, 5.74) is 4.82. The Morgan fingerprint density at radius 2 is 1.84 bits per heavy atom. The molecule has 3 rings (SSSR count). The van der Waals surface area contributed by atoms with Crippen LogP contribution in [0, 0.1) is 20.8 Å². The minimum absolute atomic E-state index is 0.947. The van der Waals surface area contributed by atoms with Gasteiger partial charge in [-0.2, -0.15) is 0 Å². The van der Waals surface area contributed by atoms with Crippen molar-refractivity contribution in [2.45, 2.75) is 20.8 Å². The van der Waals surface area contributed by atoms with Crippen LogP contribution in [0.3, 0.4) is 0 Å². The third-order valence-corrected chi connectivity index (χ3v) is 4.23. The summed E-state index contributed by atoms with van der Waals surface area (Å²) < 4.78 is 0. The molecule has 0 spiro atoms. The molecule has 0 fully saturated rings. The van der Waals surface area contributed by atoms with Crippen LogP contribution in [0.1, 0.15) is 16.8 Å². The number of hydrogen-bond donors (Lipinski definition) is 1. The Labute approximate surface area is 117 Å². The molecule has 1 heterocycles. The minimum Gasteiger partial charge on any atom is -0.331 e. The maximum atomic E-state index is 4.46. The highest BCUT2D eigenvalue weighted by Gasteiger charge is 2.05. The molecular formula is C16H16N2S. The van der Waals surface area contributed by atoms with E-state index in [0.717, 1.165) is 16.5 Å². The largest absolute Gasteiger partial charge is 0.331 e. The highest BCUT2D eigenvalue weighted by Crippen LogP contribution is 2.29. The number of thiazole rings is 1. The Hall–Kier alpha value is -1.87. The first-order valence-corrected chi connectivity index (χ1v) is 7.20. The molecule has 0 radical (unpaired) electrons. The summed E-state index contributed by atoms with van der Waals surface area (Å²) in [4.78, 5) is 4.46. The number of nitrogens with zero attached hydrogens (tertiary/aromatic N) is 1. The van der Waals surface area contributed by atoms with Gasteiger partial charge in [0.1, 0.15) is 0 Å². The molecule has 0 aliphatic carbocycles. The van der Waals surface area contributed by atoms with E-state index in [1.807, 2.05) is 6.92 Å². The molecule has 3 aromatic rings. The van der Waals surface area contributed by atoms with Gasteiger partial charge in [0.15, 0.2) is 5.13 Å². The summed E-state index contributed by atoms with van der Waals surface area (Å²) in [5.74, 6) is 0. The summed E-state index contributed by atoms with van der Waals surface area (Å²) in [7, 11) is 0. The number of fused-ring (bicyclic) bond motifs is 1. The van der Waals surface area contributed by atoms with Crippen molar-refractivity contribution < 1.29 is 0 Å². The molecule has 0 amide bonds. The Bertz CT molecular complexity index is 744. The van der Waals surface area contributed by atoms with E-state index in [-0.39, 0.29) is 0 Å². The van der Waals surface area contributed by atoms with Crippen LogP contribution in [0.4, 0.5) is 10.8 Å². The Balaban J connectivity index is 2.10. The van der Waals surface area contributed by atoms with Crippen LogP contribution in [-0.4, -0.2) is 4.98 Å². The van der Waals surface area contributed by atoms with E-state index < -0.39 is 0 Å². The molecule has 1 N–H and O–H groups in total. The second-order valence-electron chi connectivity index (χ2n) is 4.88. The summed E-state index contributed by atoms with van der Waals surface area (Å²) in [5, 5.41) is 8.94. The molecule has 0 atom stereocenters. The van der Waals surface area contributed by atoms with E-state index in [9.17, 15) is 0 Å². The molecule has 3 heteroatoms. The van der Waals surface area contributed by atoms with Gasteiger partial charge in [-0.25, -0.2) is 4.98 Å². The summed E-state index contributed by atoms with van der Waals surface area (Å²) >= 11 is 1.64. The predicted molar refractivity (Wildman–Crippen MR) is 83.6 cm³/mol. The number of aryl methyl sites for hydroxylation is 3. The first kappa shape index (κ1) is 12.2. The Morgan fingerprint density at radius 1 is 1.05 bits per heavy atom. The second kappa shape index (κ2) is 4.67. The van der Waals surface area contributed by atoms with Gasteiger partial charge >= 0.3 is 0 Å².